The van der Waals surface area contributed by atoms with Crippen LogP contribution in [0.15, 0.2) is 23.1 Å². The number of nitrogens with one attached hydrogen (secondary N) is 1. The Kier molecular flexibility index (Phi) is 8.35. The summed E-state index contributed by atoms with van der Waals surface area (Å²) in [5, 5.41) is 3.51. The molecule has 0 atom stereocenters. The van der Waals surface area contributed by atoms with Gasteiger partial charge >= 0.3 is 0 Å². The zero-order chi connectivity index (χ0) is 21.6. The van der Waals surface area contributed by atoms with Gasteiger partial charge in [0.1, 0.15) is 10.6 Å². The molecule has 3 rings (SSSR count). The summed E-state index contributed by atoms with van der Waals surface area (Å²) in [6, 6.07) is 4.51. The Morgan fingerprint density at radius 3 is 2.57 bits per heavy atom. The Bertz CT molecular complexity index is 824. The number of carbonyl (C=O) groups excluding carboxylic acids is 1. The standard InChI is InChI=1S/C20H31ClN4O4S/c1-29-18-6-5-17(21)15-19(18)30(27,28)25(12-4-11-23-9-2-3-10-23)16-20(26)24-13-7-22-8-14-24/h5-6,15,22H,2-4,7-14,16H2,1H3. The number of carbonyl (C=O) groups is 1. The van der Waals surface area contributed by atoms with Crippen LogP contribution in [-0.4, -0.2) is 94.4 Å². The smallest absolute Gasteiger partial charge is 0.247 e. The minimum Gasteiger partial charge on any atom is -0.495 e. The van der Waals surface area contributed by atoms with Crippen LogP contribution in [0.2, 0.25) is 5.02 Å². The second kappa shape index (κ2) is 10.8. The second-order valence-electron chi connectivity index (χ2n) is 7.67. The van der Waals surface area contributed by atoms with Crippen molar-refractivity contribution in [1.29, 1.82) is 0 Å². The van der Waals surface area contributed by atoms with Crippen molar-refractivity contribution in [1.82, 2.24) is 19.4 Å². The SMILES string of the molecule is COc1ccc(Cl)cc1S(=O)(=O)N(CCCN1CCCC1)CC(=O)N1CCNCC1. The lowest BCUT2D eigenvalue weighted by Gasteiger charge is -2.30. The molecule has 2 saturated heterocycles. The molecule has 0 radical (unpaired) electrons. The van der Waals surface area contributed by atoms with Crippen LogP contribution in [0.3, 0.4) is 0 Å². The number of ether oxygens (including phenoxy) is 1. The largest absolute Gasteiger partial charge is 0.495 e. The molecular weight excluding hydrogens is 428 g/mol. The third-order valence-corrected chi connectivity index (χ3v) is 7.71. The second-order valence-corrected chi connectivity index (χ2v) is 10.0. The lowest BCUT2D eigenvalue weighted by Crippen LogP contribution is -2.50. The monoisotopic (exact) mass is 458 g/mol. The van der Waals surface area contributed by atoms with Gasteiger partial charge in [0.2, 0.25) is 15.9 Å². The van der Waals surface area contributed by atoms with E-state index in [-0.39, 0.29) is 29.6 Å². The highest BCUT2D eigenvalue weighted by Gasteiger charge is 2.31. The van der Waals surface area contributed by atoms with Crippen molar-refractivity contribution in [3.05, 3.63) is 23.2 Å². The number of halogens is 1. The summed E-state index contributed by atoms with van der Waals surface area (Å²) in [6.45, 7) is 5.61. The molecule has 1 aromatic carbocycles. The topological polar surface area (TPSA) is 82.2 Å². The quantitative estimate of drug-likeness (QED) is 0.600. The van der Waals surface area contributed by atoms with Crippen LogP contribution in [0.4, 0.5) is 0 Å². The van der Waals surface area contributed by atoms with Gasteiger partial charge in [-0.05, 0) is 57.1 Å². The van der Waals surface area contributed by atoms with E-state index in [1.807, 2.05) is 0 Å². The van der Waals surface area contributed by atoms with Crippen LogP contribution < -0.4 is 10.1 Å². The van der Waals surface area contributed by atoms with Crippen molar-refractivity contribution < 1.29 is 17.9 Å². The maximum absolute atomic E-state index is 13.5. The normalized spacial score (nSPS) is 18.2. The molecule has 1 aromatic rings. The Labute approximate surface area is 184 Å². The number of amides is 1. The summed E-state index contributed by atoms with van der Waals surface area (Å²) in [5.74, 6) is 0.0424. The van der Waals surface area contributed by atoms with Gasteiger partial charge in [0, 0.05) is 37.7 Å². The van der Waals surface area contributed by atoms with E-state index in [0.29, 0.717) is 24.5 Å². The van der Waals surface area contributed by atoms with Gasteiger partial charge in [0.15, 0.2) is 0 Å². The molecule has 1 amide bonds. The lowest BCUT2D eigenvalue weighted by atomic mass is 10.3. The third kappa shape index (κ3) is 5.85. The highest BCUT2D eigenvalue weighted by Crippen LogP contribution is 2.30. The first-order valence-corrected chi connectivity index (χ1v) is 12.3. The fraction of sp³-hybridized carbons (Fsp3) is 0.650. The molecule has 1 N–H and O–H groups in total. The summed E-state index contributed by atoms with van der Waals surface area (Å²) in [6.07, 6.45) is 3.03. The number of hydrogen-bond donors (Lipinski definition) is 1. The van der Waals surface area contributed by atoms with Crippen molar-refractivity contribution in [3.63, 3.8) is 0 Å². The molecule has 2 aliphatic rings. The number of nitrogens with zero attached hydrogens (tertiary/aromatic N) is 3. The van der Waals surface area contributed by atoms with Crippen LogP contribution in [0.1, 0.15) is 19.3 Å². The Morgan fingerprint density at radius 2 is 1.90 bits per heavy atom. The Balaban J connectivity index is 1.79. The van der Waals surface area contributed by atoms with E-state index >= 15 is 0 Å². The number of likely N-dealkylation sites (tertiary alicyclic amines) is 1. The summed E-state index contributed by atoms with van der Waals surface area (Å²) >= 11 is 6.08. The van der Waals surface area contributed by atoms with Gasteiger partial charge in [0.25, 0.3) is 0 Å². The molecule has 2 heterocycles. The molecule has 0 aromatic heterocycles. The van der Waals surface area contributed by atoms with Crippen LogP contribution in [0, 0.1) is 0 Å². The van der Waals surface area contributed by atoms with Crippen LogP contribution in [0.25, 0.3) is 0 Å². The van der Waals surface area contributed by atoms with Gasteiger partial charge in [-0.2, -0.15) is 4.31 Å². The fourth-order valence-corrected chi connectivity index (χ4v) is 5.76. The number of rotatable bonds is 9. The highest BCUT2D eigenvalue weighted by molar-refractivity contribution is 7.89. The molecule has 30 heavy (non-hydrogen) atoms. The van der Waals surface area contributed by atoms with E-state index in [4.69, 9.17) is 16.3 Å². The maximum atomic E-state index is 13.5. The number of piperazine rings is 1. The zero-order valence-corrected chi connectivity index (χ0v) is 19.1. The van der Waals surface area contributed by atoms with Crippen molar-refractivity contribution >= 4 is 27.5 Å². The van der Waals surface area contributed by atoms with Crippen LogP contribution in [0.5, 0.6) is 5.75 Å². The average molecular weight is 459 g/mol. The van der Waals surface area contributed by atoms with E-state index in [1.165, 1.54) is 36.4 Å². The van der Waals surface area contributed by atoms with E-state index in [0.717, 1.165) is 32.7 Å². The third-order valence-electron chi connectivity index (χ3n) is 5.61. The summed E-state index contributed by atoms with van der Waals surface area (Å²) < 4.78 is 33.5. The van der Waals surface area contributed by atoms with Crippen molar-refractivity contribution in [2.75, 3.05) is 66.0 Å². The van der Waals surface area contributed by atoms with E-state index in [2.05, 4.69) is 10.2 Å². The van der Waals surface area contributed by atoms with Crippen molar-refractivity contribution in [3.8, 4) is 5.75 Å². The molecular formula is C20H31ClN4O4S. The van der Waals surface area contributed by atoms with Gasteiger partial charge in [-0.1, -0.05) is 11.6 Å². The predicted octanol–water partition coefficient (Wildman–Crippen LogP) is 1.26. The Hall–Kier alpha value is -1.39. The molecule has 10 heteroatoms. The first-order chi connectivity index (χ1) is 14.4. The zero-order valence-electron chi connectivity index (χ0n) is 17.5. The molecule has 2 aliphatic heterocycles. The maximum Gasteiger partial charge on any atom is 0.247 e. The van der Waals surface area contributed by atoms with Gasteiger partial charge in [0.05, 0.1) is 13.7 Å². The Morgan fingerprint density at radius 1 is 1.20 bits per heavy atom. The predicted molar refractivity (Wildman–Crippen MR) is 117 cm³/mol. The molecule has 0 bridgehead atoms. The van der Waals surface area contributed by atoms with Gasteiger partial charge in [-0.3, -0.25) is 4.79 Å². The summed E-state index contributed by atoms with van der Waals surface area (Å²) in [4.78, 5) is 16.9. The molecule has 8 nitrogen and oxygen atoms in total. The van der Waals surface area contributed by atoms with Gasteiger partial charge in [-0.15, -0.1) is 0 Å². The first-order valence-electron chi connectivity index (χ1n) is 10.5. The fourth-order valence-electron chi connectivity index (χ4n) is 3.92. The molecule has 0 saturated carbocycles. The van der Waals surface area contributed by atoms with Crippen LogP contribution >= 0.6 is 11.6 Å². The van der Waals surface area contributed by atoms with Crippen molar-refractivity contribution in [2.45, 2.75) is 24.2 Å². The minimum atomic E-state index is -3.95. The molecule has 168 valence electrons. The summed E-state index contributed by atoms with van der Waals surface area (Å²) in [5.41, 5.74) is 0. The van der Waals surface area contributed by atoms with E-state index < -0.39 is 10.0 Å². The summed E-state index contributed by atoms with van der Waals surface area (Å²) in [7, 11) is -2.53. The molecule has 0 aliphatic carbocycles. The van der Waals surface area contributed by atoms with E-state index in [9.17, 15) is 13.2 Å². The number of sulfonamides is 1. The average Bonchev–Trinajstić information content (AvgIpc) is 3.27. The van der Waals surface area contributed by atoms with Gasteiger partial charge in [-0.25, -0.2) is 8.42 Å². The lowest BCUT2D eigenvalue weighted by molar-refractivity contribution is -0.132. The number of benzene rings is 1. The van der Waals surface area contributed by atoms with Crippen LogP contribution in [-0.2, 0) is 14.8 Å². The minimum absolute atomic E-state index is 0.00761. The highest BCUT2D eigenvalue weighted by atomic mass is 35.5. The van der Waals surface area contributed by atoms with Gasteiger partial charge < -0.3 is 19.9 Å². The molecule has 0 unspecified atom stereocenters. The molecule has 2 fully saturated rings. The van der Waals surface area contributed by atoms with E-state index in [1.54, 1.807) is 11.0 Å². The van der Waals surface area contributed by atoms with Crippen molar-refractivity contribution in [2.24, 2.45) is 0 Å². The molecule has 0 spiro atoms. The number of methoxy groups -OCH3 is 1. The number of hydrogen-bond acceptors (Lipinski definition) is 6. The first kappa shape index (κ1) is 23.3.